The summed E-state index contributed by atoms with van der Waals surface area (Å²) in [6.07, 6.45) is 0. The average Bonchev–Trinajstić information content (AvgIpc) is 3.12. The molecule has 0 bridgehead atoms. The highest BCUT2D eigenvalue weighted by Gasteiger charge is 2.22. The van der Waals surface area contributed by atoms with Gasteiger partial charge in [0.2, 0.25) is 5.88 Å². The van der Waals surface area contributed by atoms with Crippen molar-refractivity contribution >= 4 is 49.4 Å². The Morgan fingerprint density at radius 3 is 2.34 bits per heavy atom. The number of benzene rings is 3. The van der Waals surface area contributed by atoms with Gasteiger partial charge < -0.3 is 14.3 Å². The molecule has 5 heteroatoms. The Hall–Kier alpha value is -3.31. The Morgan fingerprint density at radius 1 is 0.897 bits per heavy atom. The van der Waals surface area contributed by atoms with Crippen LogP contribution < -0.4 is 10.9 Å². The van der Waals surface area contributed by atoms with Crippen molar-refractivity contribution in [2.45, 2.75) is 0 Å². The third-order valence-electron chi connectivity index (χ3n) is 5.10. The molecule has 0 saturated heterocycles. The van der Waals surface area contributed by atoms with E-state index in [0.717, 1.165) is 32.2 Å². The Bertz CT molecular complexity index is 1400. The maximum Gasteiger partial charge on any atom is 0.262 e. The number of halogens is 1. The Labute approximate surface area is 175 Å². The van der Waals surface area contributed by atoms with Crippen LogP contribution in [-0.4, -0.2) is 4.57 Å². The fourth-order valence-corrected chi connectivity index (χ4v) is 3.96. The van der Waals surface area contributed by atoms with Crippen molar-refractivity contribution in [3.05, 3.63) is 93.7 Å². The molecule has 5 aromatic rings. The standard InChI is InChI=1S/C24H17BrN2O2/c1-27-19-10-6-5-9-18(19)22-21(24(27)28)20(15-11-13-16(25)14-12-15)23(29-22)26-17-7-3-2-4-8-17/h2-14,26H,1H3. The minimum atomic E-state index is -0.0820. The molecule has 0 aliphatic heterocycles. The van der Waals surface area contributed by atoms with Crippen LogP contribution in [0, 0.1) is 0 Å². The van der Waals surface area contributed by atoms with E-state index < -0.39 is 0 Å². The van der Waals surface area contributed by atoms with Crippen LogP contribution in [0.1, 0.15) is 0 Å². The Kier molecular flexibility index (Phi) is 4.25. The first-order valence-electron chi connectivity index (χ1n) is 9.26. The van der Waals surface area contributed by atoms with Gasteiger partial charge in [0.05, 0.1) is 16.5 Å². The van der Waals surface area contributed by atoms with Crippen molar-refractivity contribution in [1.29, 1.82) is 0 Å². The number of pyridine rings is 1. The monoisotopic (exact) mass is 444 g/mol. The molecule has 4 nitrogen and oxygen atoms in total. The van der Waals surface area contributed by atoms with E-state index in [-0.39, 0.29) is 5.56 Å². The molecule has 0 unspecified atom stereocenters. The van der Waals surface area contributed by atoms with Gasteiger partial charge in [-0.15, -0.1) is 0 Å². The smallest absolute Gasteiger partial charge is 0.262 e. The molecule has 2 aromatic heterocycles. The molecule has 1 N–H and O–H groups in total. The van der Waals surface area contributed by atoms with Crippen LogP contribution in [0.2, 0.25) is 0 Å². The van der Waals surface area contributed by atoms with Gasteiger partial charge in [-0.3, -0.25) is 4.79 Å². The van der Waals surface area contributed by atoms with Crippen molar-refractivity contribution in [3.8, 4) is 11.1 Å². The molecule has 0 saturated carbocycles. The molecule has 3 aromatic carbocycles. The number of anilines is 2. The van der Waals surface area contributed by atoms with Crippen LogP contribution in [0.4, 0.5) is 11.6 Å². The van der Waals surface area contributed by atoms with E-state index >= 15 is 0 Å². The first kappa shape index (κ1) is 17.8. The molecule has 5 rings (SSSR count). The van der Waals surface area contributed by atoms with Crippen LogP contribution in [0.3, 0.4) is 0 Å². The zero-order chi connectivity index (χ0) is 20.0. The number of hydrogen-bond acceptors (Lipinski definition) is 3. The van der Waals surface area contributed by atoms with Crippen molar-refractivity contribution in [2.75, 3.05) is 5.32 Å². The van der Waals surface area contributed by atoms with Crippen molar-refractivity contribution in [2.24, 2.45) is 7.05 Å². The molecular weight excluding hydrogens is 428 g/mol. The first-order chi connectivity index (χ1) is 14.1. The minimum Gasteiger partial charge on any atom is -0.439 e. The fourth-order valence-electron chi connectivity index (χ4n) is 3.69. The number of fused-ring (bicyclic) bond motifs is 3. The third kappa shape index (κ3) is 2.95. The molecule has 0 spiro atoms. The lowest BCUT2D eigenvalue weighted by Crippen LogP contribution is -2.17. The average molecular weight is 445 g/mol. The number of rotatable bonds is 3. The lowest BCUT2D eigenvalue weighted by Gasteiger charge is -2.07. The molecule has 29 heavy (non-hydrogen) atoms. The highest BCUT2D eigenvalue weighted by Crippen LogP contribution is 2.41. The van der Waals surface area contributed by atoms with Gasteiger partial charge in [-0.1, -0.05) is 58.4 Å². The fraction of sp³-hybridized carbons (Fsp3) is 0.0417. The van der Waals surface area contributed by atoms with E-state index in [9.17, 15) is 4.79 Å². The predicted molar refractivity (Wildman–Crippen MR) is 122 cm³/mol. The molecule has 0 aliphatic carbocycles. The highest BCUT2D eigenvalue weighted by atomic mass is 79.9. The summed E-state index contributed by atoms with van der Waals surface area (Å²) in [4.78, 5) is 13.3. The third-order valence-corrected chi connectivity index (χ3v) is 5.63. The van der Waals surface area contributed by atoms with Gasteiger partial charge >= 0.3 is 0 Å². The molecule has 0 atom stereocenters. The molecule has 0 fully saturated rings. The number of furan rings is 1. The summed E-state index contributed by atoms with van der Waals surface area (Å²) < 4.78 is 8.96. The summed E-state index contributed by atoms with van der Waals surface area (Å²) in [6, 6.07) is 25.5. The van der Waals surface area contributed by atoms with Gasteiger partial charge in [0.15, 0.2) is 5.58 Å². The van der Waals surface area contributed by atoms with E-state index in [2.05, 4.69) is 21.2 Å². The molecule has 0 amide bonds. The van der Waals surface area contributed by atoms with Crippen LogP contribution in [0.5, 0.6) is 0 Å². The number of hydrogen-bond donors (Lipinski definition) is 1. The van der Waals surface area contributed by atoms with E-state index in [1.54, 1.807) is 11.6 Å². The summed E-state index contributed by atoms with van der Waals surface area (Å²) in [5.41, 5.74) is 3.93. The summed E-state index contributed by atoms with van der Waals surface area (Å²) >= 11 is 3.48. The van der Waals surface area contributed by atoms with Gasteiger partial charge in [0.1, 0.15) is 0 Å². The molecule has 0 aliphatic rings. The normalized spacial score (nSPS) is 11.2. The van der Waals surface area contributed by atoms with Crippen molar-refractivity contribution in [1.82, 2.24) is 4.57 Å². The number of aromatic nitrogens is 1. The zero-order valence-electron chi connectivity index (χ0n) is 15.6. The Morgan fingerprint density at radius 2 is 1.59 bits per heavy atom. The predicted octanol–water partition coefficient (Wildman–Crippen LogP) is 6.46. The lowest BCUT2D eigenvalue weighted by atomic mass is 10.0. The topological polar surface area (TPSA) is 47.2 Å². The lowest BCUT2D eigenvalue weighted by molar-refractivity contribution is 0.638. The maximum absolute atomic E-state index is 13.3. The Balaban J connectivity index is 1.89. The number of para-hydroxylation sites is 2. The first-order valence-corrected chi connectivity index (χ1v) is 10.0. The van der Waals surface area contributed by atoms with Crippen molar-refractivity contribution in [3.63, 3.8) is 0 Å². The largest absolute Gasteiger partial charge is 0.439 e. The highest BCUT2D eigenvalue weighted by molar-refractivity contribution is 9.10. The van der Waals surface area contributed by atoms with E-state index in [4.69, 9.17) is 4.42 Å². The van der Waals surface area contributed by atoms with Crippen molar-refractivity contribution < 1.29 is 4.42 Å². The SMILES string of the molecule is Cn1c(=O)c2c(-c3ccc(Br)cc3)c(Nc3ccccc3)oc2c2ccccc21. The molecule has 2 heterocycles. The number of nitrogens with zero attached hydrogens (tertiary/aromatic N) is 1. The zero-order valence-corrected chi connectivity index (χ0v) is 17.2. The van der Waals surface area contributed by atoms with E-state index in [1.807, 2.05) is 78.9 Å². The summed E-state index contributed by atoms with van der Waals surface area (Å²) in [5.74, 6) is 0.557. The summed E-state index contributed by atoms with van der Waals surface area (Å²) in [7, 11) is 1.80. The van der Waals surface area contributed by atoms with Gasteiger partial charge in [0.25, 0.3) is 5.56 Å². The van der Waals surface area contributed by atoms with E-state index in [1.165, 1.54) is 0 Å². The van der Waals surface area contributed by atoms with Gasteiger partial charge in [-0.2, -0.15) is 0 Å². The van der Waals surface area contributed by atoms with E-state index in [0.29, 0.717) is 16.9 Å². The minimum absolute atomic E-state index is 0.0820. The van der Waals surface area contributed by atoms with Crippen LogP contribution in [0.25, 0.3) is 33.0 Å². The second-order valence-electron chi connectivity index (χ2n) is 6.89. The molecular formula is C24H17BrN2O2. The van der Waals surface area contributed by atoms with Gasteiger partial charge in [0, 0.05) is 22.6 Å². The quantitative estimate of drug-likeness (QED) is 0.347. The van der Waals surface area contributed by atoms with Gasteiger partial charge in [-0.05, 0) is 42.0 Å². The summed E-state index contributed by atoms with van der Waals surface area (Å²) in [5, 5.41) is 4.84. The number of nitrogens with one attached hydrogen (secondary N) is 1. The van der Waals surface area contributed by atoms with Crippen LogP contribution in [-0.2, 0) is 7.05 Å². The van der Waals surface area contributed by atoms with Gasteiger partial charge in [-0.25, -0.2) is 0 Å². The molecule has 142 valence electrons. The summed E-state index contributed by atoms with van der Waals surface area (Å²) in [6.45, 7) is 0. The number of aryl methyl sites for hydroxylation is 1. The van der Waals surface area contributed by atoms with Crippen LogP contribution in [0.15, 0.2) is 92.5 Å². The second-order valence-corrected chi connectivity index (χ2v) is 7.81. The molecule has 0 radical (unpaired) electrons. The maximum atomic E-state index is 13.3. The second kappa shape index (κ2) is 6.94. The van der Waals surface area contributed by atoms with Crippen LogP contribution >= 0.6 is 15.9 Å².